The zero-order chi connectivity index (χ0) is 15.5. The maximum absolute atomic E-state index is 12.1. The molecule has 0 saturated heterocycles. The molecule has 1 heterocycles. The molecule has 0 aromatic carbocycles. The van der Waals surface area contributed by atoms with E-state index < -0.39 is 0 Å². The fourth-order valence-corrected chi connectivity index (χ4v) is 1.78. The Balaban J connectivity index is 2.34. The molecule has 118 valence electrons. The van der Waals surface area contributed by atoms with Gasteiger partial charge in [-0.15, -0.1) is 0 Å². The van der Waals surface area contributed by atoms with Gasteiger partial charge in [0.15, 0.2) is 0 Å². The van der Waals surface area contributed by atoms with Gasteiger partial charge in [-0.05, 0) is 24.8 Å². The molecule has 1 amide bonds. The predicted molar refractivity (Wildman–Crippen MR) is 85.6 cm³/mol. The van der Waals surface area contributed by atoms with Crippen molar-refractivity contribution in [1.29, 1.82) is 0 Å². The second-order valence-electron chi connectivity index (χ2n) is 5.43. The molecular weight excluding hydrogens is 266 g/mol. The van der Waals surface area contributed by atoms with Crippen molar-refractivity contribution in [3.05, 3.63) is 24.0 Å². The van der Waals surface area contributed by atoms with E-state index >= 15 is 0 Å². The standard InChI is InChI=1S/C16H27N3O2/c1-4-7-18-15-6-9-17-11-14(15)16(20)19-8-5-10-21-12-13(2)3/h6,9,11,13H,4-5,7-8,10,12H2,1-3H3,(H,17,18)(H,19,20). The highest BCUT2D eigenvalue weighted by atomic mass is 16.5. The van der Waals surface area contributed by atoms with E-state index in [0.717, 1.165) is 31.7 Å². The number of carbonyl (C=O) groups is 1. The first-order valence-corrected chi connectivity index (χ1v) is 7.69. The zero-order valence-corrected chi connectivity index (χ0v) is 13.3. The van der Waals surface area contributed by atoms with Gasteiger partial charge in [0.2, 0.25) is 0 Å². The van der Waals surface area contributed by atoms with Gasteiger partial charge in [-0.25, -0.2) is 0 Å². The molecule has 0 aliphatic heterocycles. The van der Waals surface area contributed by atoms with Crippen LogP contribution in [0, 0.1) is 5.92 Å². The molecule has 0 saturated carbocycles. The number of pyridine rings is 1. The highest BCUT2D eigenvalue weighted by Gasteiger charge is 2.10. The van der Waals surface area contributed by atoms with Crippen molar-refractivity contribution in [2.75, 3.05) is 31.6 Å². The minimum atomic E-state index is -0.0921. The Morgan fingerprint density at radius 2 is 2.19 bits per heavy atom. The largest absolute Gasteiger partial charge is 0.384 e. The van der Waals surface area contributed by atoms with Crippen LogP contribution in [-0.4, -0.2) is 37.2 Å². The van der Waals surface area contributed by atoms with Gasteiger partial charge in [0.05, 0.1) is 11.3 Å². The van der Waals surface area contributed by atoms with E-state index in [-0.39, 0.29) is 5.91 Å². The van der Waals surface area contributed by atoms with Crippen molar-refractivity contribution < 1.29 is 9.53 Å². The van der Waals surface area contributed by atoms with Crippen molar-refractivity contribution in [3.8, 4) is 0 Å². The number of amides is 1. The summed E-state index contributed by atoms with van der Waals surface area (Å²) in [4.78, 5) is 16.2. The topological polar surface area (TPSA) is 63.2 Å². The van der Waals surface area contributed by atoms with Crippen LogP contribution >= 0.6 is 0 Å². The van der Waals surface area contributed by atoms with Gasteiger partial charge in [0, 0.05) is 38.7 Å². The zero-order valence-electron chi connectivity index (χ0n) is 13.3. The number of hydrogen-bond acceptors (Lipinski definition) is 4. The summed E-state index contributed by atoms with van der Waals surface area (Å²) in [5.41, 5.74) is 1.43. The van der Waals surface area contributed by atoms with E-state index in [9.17, 15) is 4.79 Å². The maximum Gasteiger partial charge on any atom is 0.254 e. The lowest BCUT2D eigenvalue weighted by molar-refractivity contribution is 0.0925. The number of anilines is 1. The summed E-state index contributed by atoms with van der Waals surface area (Å²) in [5.74, 6) is 0.452. The summed E-state index contributed by atoms with van der Waals surface area (Å²) in [7, 11) is 0. The minimum Gasteiger partial charge on any atom is -0.384 e. The average molecular weight is 293 g/mol. The third-order valence-corrected chi connectivity index (χ3v) is 2.83. The second kappa shape index (κ2) is 10.2. The molecule has 0 atom stereocenters. The molecule has 5 nitrogen and oxygen atoms in total. The number of nitrogens with zero attached hydrogens (tertiary/aromatic N) is 1. The molecule has 0 radical (unpaired) electrons. The summed E-state index contributed by atoms with van der Waals surface area (Å²) in [6.45, 7) is 9.22. The fourth-order valence-electron chi connectivity index (χ4n) is 1.78. The summed E-state index contributed by atoms with van der Waals surface area (Å²) in [6.07, 6.45) is 5.12. The van der Waals surface area contributed by atoms with Gasteiger partial charge < -0.3 is 15.4 Å². The lowest BCUT2D eigenvalue weighted by Gasteiger charge is -2.11. The summed E-state index contributed by atoms with van der Waals surface area (Å²) in [5, 5.41) is 6.15. The Morgan fingerprint density at radius 1 is 1.38 bits per heavy atom. The van der Waals surface area contributed by atoms with E-state index in [2.05, 4.69) is 36.4 Å². The van der Waals surface area contributed by atoms with Gasteiger partial charge in [-0.2, -0.15) is 0 Å². The average Bonchev–Trinajstić information content (AvgIpc) is 2.48. The van der Waals surface area contributed by atoms with Gasteiger partial charge in [0.25, 0.3) is 5.91 Å². The van der Waals surface area contributed by atoms with Crippen LogP contribution in [0.15, 0.2) is 18.5 Å². The smallest absolute Gasteiger partial charge is 0.254 e. The van der Waals surface area contributed by atoms with Crippen LogP contribution in [0.1, 0.15) is 44.0 Å². The van der Waals surface area contributed by atoms with Crippen molar-refractivity contribution in [2.24, 2.45) is 5.92 Å². The van der Waals surface area contributed by atoms with Crippen molar-refractivity contribution in [3.63, 3.8) is 0 Å². The number of nitrogens with one attached hydrogen (secondary N) is 2. The molecule has 0 unspecified atom stereocenters. The molecule has 0 spiro atoms. The van der Waals surface area contributed by atoms with E-state index in [1.807, 2.05) is 6.07 Å². The first kappa shape index (κ1) is 17.4. The molecule has 0 bridgehead atoms. The lowest BCUT2D eigenvalue weighted by atomic mass is 10.2. The Labute approximate surface area is 127 Å². The molecule has 1 rings (SSSR count). The normalized spacial score (nSPS) is 10.7. The van der Waals surface area contributed by atoms with Gasteiger partial charge in [0.1, 0.15) is 0 Å². The Morgan fingerprint density at radius 3 is 2.90 bits per heavy atom. The predicted octanol–water partition coefficient (Wildman–Crippen LogP) is 2.70. The van der Waals surface area contributed by atoms with Crippen molar-refractivity contribution in [1.82, 2.24) is 10.3 Å². The van der Waals surface area contributed by atoms with Crippen LogP contribution < -0.4 is 10.6 Å². The molecular formula is C16H27N3O2. The van der Waals surface area contributed by atoms with Crippen LogP contribution in [0.3, 0.4) is 0 Å². The monoisotopic (exact) mass is 293 g/mol. The first-order valence-electron chi connectivity index (χ1n) is 7.69. The summed E-state index contributed by atoms with van der Waals surface area (Å²) < 4.78 is 5.48. The number of carbonyl (C=O) groups excluding carboxylic acids is 1. The third kappa shape index (κ3) is 7.09. The quantitative estimate of drug-likeness (QED) is 0.651. The number of aromatic nitrogens is 1. The second-order valence-corrected chi connectivity index (χ2v) is 5.43. The van der Waals surface area contributed by atoms with Crippen LogP contribution in [0.4, 0.5) is 5.69 Å². The van der Waals surface area contributed by atoms with Crippen molar-refractivity contribution in [2.45, 2.75) is 33.6 Å². The molecule has 0 fully saturated rings. The molecule has 2 N–H and O–H groups in total. The number of hydrogen-bond donors (Lipinski definition) is 2. The van der Waals surface area contributed by atoms with Crippen LogP contribution in [0.5, 0.6) is 0 Å². The minimum absolute atomic E-state index is 0.0921. The Kier molecular flexibility index (Phi) is 8.43. The molecule has 1 aromatic rings. The fraction of sp³-hybridized carbons (Fsp3) is 0.625. The molecule has 0 aliphatic rings. The highest BCUT2D eigenvalue weighted by molar-refractivity contribution is 5.99. The summed E-state index contributed by atoms with van der Waals surface area (Å²) in [6, 6.07) is 1.83. The maximum atomic E-state index is 12.1. The summed E-state index contributed by atoms with van der Waals surface area (Å²) >= 11 is 0. The molecule has 0 aliphatic carbocycles. The number of rotatable bonds is 10. The van der Waals surface area contributed by atoms with Crippen molar-refractivity contribution >= 4 is 11.6 Å². The van der Waals surface area contributed by atoms with Crippen LogP contribution in [0.2, 0.25) is 0 Å². The third-order valence-electron chi connectivity index (χ3n) is 2.83. The van der Waals surface area contributed by atoms with E-state index in [4.69, 9.17) is 4.74 Å². The van der Waals surface area contributed by atoms with Crippen LogP contribution in [-0.2, 0) is 4.74 Å². The SMILES string of the molecule is CCCNc1ccncc1C(=O)NCCCOCC(C)C. The first-order chi connectivity index (χ1) is 10.1. The number of ether oxygens (including phenoxy) is 1. The van der Waals surface area contributed by atoms with Crippen LogP contribution in [0.25, 0.3) is 0 Å². The Bertz CT molecular complexity index is 422. The van der Waals surface area contributed by atoms with E-state index in [1.165, 1.54) is 0 Å². The van der Waals surface area contributed by atoms with Gasteiger partial charge >= 0.3 is 0 Å². The highest BCUT2D eigenvalue weighted by Crippen LogP contribution is 2.13. The van der Waals surface area contributed by atoms with Gasteiger partial charge in [-0.1, -0.05) is 20.8 Å². The Hall–Kier alpha value is -1.62. The molecule has 5 heteroatoms. The lowest BCUT2D eigenvalue weighted by Crippen LogP contribution is -2.26. The van der Waals surface area contributed by atoms with E-state index in [0.29, 0.717) is 24.6 Å². The van der Waals surface area contributed by atoms with E-state index in [1.54, 1.807) is 12.4 Å². The molecule has 1 aromatic heterocycles. The van der Waals surface area contributed by atoms with Gasteiger partial charge in [-0.3, -0.25) is 9.78 Å². The molecule has 21 heavy (non-hydrogen) atoms.